The van der Waals surface area contributed by atoms with Gasteiger partial charge in [0.2, 0.25) is 5.91 Å². The van der Waals surface area contributed by atoms with E-state index in [2.05, 4.69) is 31.3 Å². The summed E-state index contributed by atoms with van der Waals surface area (Å²) in [6, 6.07) is 15.7. The van der Waals surface area contributed by atoms with Crippen LogP contribution in [0.2, 0.25) is 0 Å². The van der Waals surface area contributed by atoms with Crippen LogP contribution >= 0.6 is 12.4 Å². The molecular formula is C20H27ClN2O2. The van der Waals surface area contributed by atoms with Crippen molar-refractivity contribution in [3.63, 3.8) is 0 Å². The van der Waals surface area contributed by atoms with Crippen molar-refractivity contribution in [2.45, 2.75) is 32.6 Å². The van der Waals surface area contributed by atoms with Crippen molar-refractivity contribution in [3.05, 3.63) is 59.7 Å². The first-order valence-corrected chi connectivity index (χ1v) is 8.39. The Morgan fingerprint density at radius 1 is 1.12 bits per heavy atom. The number of halogens is 1. The smallest absolute Gasteiger partial charge is 0.220 e. The second kappa shape index (κ2) is 10.6. The van der Waals surface area contributed by atoms with Gasteiger partial charge in [-0.05, 0) is 41.7 Å². The van der Waals surface area contributed by atoms with Gasteiger partial charge in [0.1, 0.15) is 12.4 Å². The van der Waals surface area contributed by atoms with Gasteiger partial charge in [-0.25, -0.2) is 0 Å². The van der Waals surface area contributed by atoms with Crippen molar-refractivity contribution in [1.29, 1.82) is 0 Å². The summed E-state index contributed by atoms with van der Waals surface area (Å²) < 4.78 is 5.64. The highest BCUT2D eigenvalue weighted by Crippen LogP contribution is 2.18. The average Bonchev–Trinajstić information content (AvgIpc) is 2.58. The molecule has 0 atom stereocenters. The standard InChI is InChI=1S/C20H26N2O2.ClH/c1-15(2)16-7-10-18(11-8-16)24-14-13-22-20(23)12-9-17-5-3-4-6-19(17)21;/h3-8,10-11,15H,9,12-14,21H2,1-2H3,(H,22,23);1H. The summed E-state index contributed by atoms with van der Waals surface area (Å²) in [5, 5.41) is 2.87. The van der Waals surface area contributed by atoms with Gasteiger partial charge in [-0.15, -0.1) is 12.4 Å². The van der Waals surface area contributed by atoms with Gasteiger partial charge in [0.15, 0.2) is 0 Å². The number of amides is 1. The number of hydrogen-bond acceptors (Lipinski definition) is 3. The first kappa shape index (κ1) is 20.8. The zero-order valence-corrected chi connectivity index (χ0v) is 15.6. The van der Waals surface area contributed by atoms with Crippen molar-refractivity contribution < 1.29 is 9.53 Å². The molecule has 4 nitrogen and oxygen atoms in total. The molecule has 0 fully saturated rings. The molecular weight excluding hydrogens is 336 g/mol. The van der Waals surface area contributed by atoms with E-state index in [1.807, 2.05) is 36.4 Å². The summed E-state index contributed by atoms with van der Waals surface area (Å²) in [6.45, 7) is 5.28. The molecule has 25 heavy (non-hydrogen) atoms. The number of carbonyl (C=O) groups excluding carboxylic acids is 1. The monoisotopic (exact) mass is 362 g/mol. The van der Waals surface area contributed by atoms with Crippen molar-refractivity contribution in [2.24, 2.45) is 0 Å². The second-order valence-corrected chi connectivity index (χ2v) is 6.12. The first-order chi connectivity index (χ1) is 11.6. The van der Waals surface area contributed by atoms with Crippen LogP contribution in [0.1, 0.15) is 37.3 Å². The number of nitrogen functional groups attached to an aromatic ring is 1. The van der Waals surface area contributed by atoms with Gasteiger partial charge in [0.25, 0.3) is 0 Å². The number of hydrogen-bond donors (Lipinski definition) is 2. The Morgan fingerprint density at radius 2 is 1.80 bits per heavy atom. The van der Waals surface area contributed by atoms with E-state index in [0.29, 0.717) is 31.9 Å². The quantitative estimate of drug-likeness (QED) is 0.552. The predicted octanol–water partition coefficient (Wildman–Crippen LogP) is 3.94. The van der Waals surface area contributed by atoms with E-state index in [1.54, 1.807) is 0 Å². The first-order valence-electron chi connectivity index (χ1n) is 8.39. The van der Waals surface area contributed by atoms with Gasteiger partial charge < -0.3 is 15.8 Å². The maximum Gasteiger partial charge on any atom is 0.220 e. The molecule has 2 rings (SSSR count). The maximum absolute atomic E-state index is 11.9. The normalized spacial score (nSPS) is 10.2. The van der Waals surface area contributed by atoms with Crippen molar-refractivity contribution >= 4 is 24.0 Å². The lowest BCUT2D eigenvalue weighted by Crippen LogP contribution is -2.28. The third-order valence-electron chi connectivity index (χ3n) is 3.92. The van der Waals surface area contributed by atoms with Crippen LogP contribution in [0.3, 0.4) is 0 Å². The van der Waals surface area contributed by atoms with Crippen molar-refractivity contribution in [2.75, 3.05) is 18.9 Å². The number of aryl methyl sites for hydroxylation is 1. The number of anilines is 1. The Balaban J connectivity index is 0.00000312. The molecule has 0 aromatic heterocycles. The molecule has 0 spiro atoms. The minimum atomic E-state index is 0. The van der Waals surface area contributed by atoms with Crippen molar-refractivity contribution in [3.8, 4) is 5.75 Å². The van der Waals surface area contributed by atoms with Crippen LogP contribution in [0.5, 0.6) is 5.75 Å². The van der Waals surface area contributed by atoms with Crippen LogP contribution in [0.25, 0.3) is 0 Å². The van der Waals surface area contributed by atoms with Gasteiger partial charge in [-0.3, -0.25) is 4.79 Å². The molecule has 0 radical (unpaired) electrons. The Morgan fingerprint density at radius 3 is 2.44 bits per heavy atom. The van der Waals surface area contributed by atoms with Crippen LogP contribution in [-0.4, -0.2) is 19.1 Å². The number of rotatable bonds is 8. The van der Waals surface area contributed by atoms with Gasteiger partial charge in [0, 0.05) is 12.1 Å². The highest BCUT2D eigenvalue weighted by atomic mass is 35.5. The third kappa shape index (κ3) is 7.06. The van der Waals surface area contributed by atoms with Gasteiger partial charge in [0.05, 0.1) is 6.54 Å². The van der Waals surface area contributed by atoms with Gasteiger partial charge in [-0.1, -0.05) is 44.2 Å². The molecule has 2 aromatic rings. The highest BCUT2D eigenvalue weighted by Gasteiger charge is 2.04. The minimum absolute atomic E-state index is 0. The van der Waals surface area contributed by atoms with Crippen LogP contribution in [0.4, 0.5) is 5.69 Å². The van der Waals surface area contributed by atoms with Crippen molar-refractivity contribution in [1.82, 2.24) is 5.32 Å². The minimum Gasteiger partial charge on any atom is -0.492 e. The molecule has 1 amide bonds. The van der Waals surface area contributed by atoms with E-state index >= 15 is 0 Å². The molecule has 5 heteroatoms. The zero-order chi connectivity index (χ0) is 17.4. The Hall–Kier alpha value is -2.20. The van der Waals surface area contributed by atoms with E-state index < -0.39 is 0 Å². The lowest BCUT2D eigenvalue weighted by molar-refractivity contribution is -0.121. The van der Waals surface area contributed by atoms with E-state index in [4.69, 9.17) is 10.5 Å². The fraction of sp³-hybridized carbons (Fsp3) is 0.350. The summed E-state index contributed by atoms with van der Waals surface area (Å²) >= 11 is 0. The topological polar surface area (TPSA) is 64.3 Å². The highest BCUT2D eigenvalue weighted by molar-refractivity contribution is 5.85. The molecule has 0 aliphatic heterocycles. The second-order valence-electron chi connectivity index (χ2n) is 6.12. The number of nitrogens with one attached hydrogen (secondary N) is 1. The number of benzene rings is 2. The molecule has 0 saturated heterocycles. The van der Waals surface area contributed by atoms with Crippen LogP contribution < -0.4 is 15.8 Å². The fourth-order valence-electron chi connectivity index (χ4n) is 2.41. The number of nitrogens with two attached hydrogens (primary N) is 1. The average molecular weight is 363 g/mol. The summed E-state index contributed by atoms with van der Waals surface area (Å²) in [4.78, 5) is 11.9. The van der Waals surface area contributed by atoms with E-state index in [1.165, 1.54) is 5.56 Å². The Kier molecular flexibility index (Phi) is 8.86. The Labute approximate surface area is 156 Å². The van der Waals surface area contributed by atoms with Crippen LogP contribution in [0.15, 0.2) is 48.5 Å². The number of para-hydroxylation sites is 1. The zero-order valence-electron chi connectivity index (χ0n) is 14.8. The molecule has 0 unspecified atom stereocenters. The number of carbonyl (C=O) groups is 1. The maximum atomic E-state index is 11.9. The van der Waals surface area contributed by atoms with Gasteiger partial charge in [-0.2, -0.15) is 0 Å². The molecule has 0 aliphatic rings. The molecule has 2 aromatic carbocycles. The lowest BCUT2D eigenvalue weighted by Gasteiger charge is -2.10. The molecule has 136 valence electrons. The summed E-state index contributed by atoms with van der Waals surface area (Å²) in [7, 11) is 0. The summed E-state index contributed by atoms with van der Waals surface area (Å²) in [5.74, 6) is 1.35. The SMILES string of the molecule is CC(C)c1ccc(OCCNC(=O)CCc2ccccc2N)cc1.Cl. The Bertz CT molecular complexity index is 657. The van der Waals surface area contributed by atoms with Crippen LogP contribution in [0, 0.1) is 0 Å². The van der Waals surface area contributed by atoms with Crippen LogP contribution in [-0.2, 0) is 11.2 Å². The largest absolute Gasteiger partial charge is 0.492 e. The van der Waals surface area contributed by atoms with E-state index in [9.17, 15) is 4.79 Å². The van der Waals surface area contributed by atoms with E-state index in [-0.39, 0.29) is 18.3 Å². The molecule has 0 saturated carbocycles. The number of ether oxygens (including phenoxy) is 1. The van der Waals surface area contributed by atoms with Gasteiger partial charge >= 0.3 is 0 Å². The third-order valence-corrected chi connectivity index (χ3v) is 3.92. The molecule has 0 bridgehead atoms. The molecule has 3 N–H and O–H groups in total. The predicted molar refractivity (Wildman–Crippen MR) is 105 cm³/mol. The van der Waals surface area contributed by atoms with E-state index in [0.717, 1.165) is 17.0 Å². The molecule has 0 heterocycles. The lowest BCUT2D eigenvalue weighted by atomic mass is 10.0. The summed E-state index contributed by atoms with van der Waals surface area (Å²) in [5.41, 5.74) is 8.90. The summed E-state index contributed by atoms with van der Waals surface area (Å²) in [6.07, 6.45) is 1.08. The fourth-order valence-corrected chi connectivity index (χ4v) is 2.41. The molecule has 0 aliphatic carbocycles.